The van der Waals surface area contributed by atoms with Gasteiger partial charge in [-0.25, -0.2) is 4.79 Å². The Hall–Kier alpha value is -1.39. The molecule has 0 N–H and O–H groups in total. The first-order chi connectivity index (χ1) is 9.58. The van der Waals surface area contributed by atoms with Crippen LogP contribution >= 0.6 is 0 Å². The standard InChI is InChI=1S/C15H26O5/c1-4-7-8-9-10-11-12(14(17)19-5-2)13(16)15(18)20-6-3/h12H,4-11H2,1-3H3. The normalized spacial score (nSPS) is 11.8. The summed E-state index contributed by atoms with van der Waals surface area (Å²) in [6.07, 6.45) is 5.35. The summed E-state index contributed by atoms with van der Waals surface area (Å²) in [5.74, 6) is -3.38. The third-order valence-electron chi connectivity index (χ3n) is 2.96. The zero-order chi connectivity index (χ0) is 15.4. The molecule has 0 aliphatic carbocycles. The van der Waals surface area contributed by atoms with Crippen molar-refractivity contribution in [3.8, 4) is 0 Å². The SMILES string of the molecule is CCCCCCCC(C(=O)OCC)C(=O)C(=O)OCC. The van der Waals surface area contributed by atoms with E-state index in [0.29, 0.717) is 6.42 Å². The maximum absolute atomic E-state index is 11.9. The Kier molecular flexibility index (Phi) is 10.6. The fourth-order valence-electron chi connectivity index (χ4n) is 1.90. The summed E-state index contributed by atoms with van der Waals surface area (Å²) in [7, 11) is 0. The molecule has 5 nitrogen and oxygen atoms in total. The summed E-state index contributed by atoms with van der Waals surface area (Å²) >= 11 is 0. The van der Waals surface area contributed by atoms with Gasteiger partial charge in [0.05, 0.1) is 13.2 Å². The van der Waals surface area contributed by atoms with Crippen molar-refractivity contribution >= 4 is 17.7 Å². The number of hydrogen-bond donors (Lipinski definition) is 0. The third-order valence-corrected chi connectivity index (χ3v) is 2.96. The van der Waals surface area contributed by atoms with E-state index in [-0.39, 0.29) is 13.2 Å². The Morgan fingerprint density at radius 1 is 0.850 bits per heavy atom. The second kappa shape index (κ2) is 11.4. The van der Waals surface area contributed by atoms with Gasteiger partial charge in [-0.15, -0.1) is 0 Å². The van der Waals surface area contributed by atoms with Crippen LogP contribution in [-0.2, 0) is 23.9 Å². The Balaban J connectivity index is 4.44. The van der Waals surface area contributed by atoms with Crippen LogP contribution in [-0.4, -0.2) is 30.9 Å². The van der Waals surface area contributed by atoms with Crippen molar-refractivity contribution in [3.63, 3.8) is 0 Å². The average Bonchev–Trinajstić information content (AvgIpc) is 2.42. The summed E-state index contributed by atoms with van der Waals surface area (Å²) in [6, 6.07) is 0. The number of ether oxygens (including phenoxy) is 2. The van der Waals surface area contributed by atoms with E-state index in [1.807, 2.05) is 0 Å². The quantitative estimate of drug-likeness (QED) is 0.253. The molecule has 0 aromatic carbocycles. The number of unbranched alkanes of at least 4 members (excludes halogenated alkanes) is 4. The van der Waals surface area contributed by atoms with Gasteiger partial charge >= 0.3 is 11.9 Å². The maximum atomic E-state index is 11.9. The fourth-order valence-corrected chi connectivity index (χ4v) is 1.90. The second-order valence-electron chi connectivity index (χ2n) is 4.59. The lowest BCUT2D eigenvalue weighted by Gasteiger charge is -2.13. The predicted octanol–water partition coefficient (Wildman–Crippen LogP) is 2.66. The number of Topliss-reactive ketones (excluding diaryl/α,β-unsaturated/α-hetero) is 1. The van der Waals surface area contributed by atoms with Crippen molar-refractivity contribution in [1.82, 2.24) is 0 Å². The van der Waals surface area contributed by atoms with Gasteiger partial charge in [-0.2, -0.15) is 0 Å². The Morgan fingerprint density at radius 2 is 1.45 bits per heavy atom. The fraction of sp³-hybridized carbons (Fsp3) is 0.800. The molecule has 0 aromatic heterocycles. The van der Waals surface area contributed by atoms with Crippen LogP contribution in [0.4, 0.5) is 0 Å². The van der Waals surface area contributed by atoms with Gasteiger partial charge in [0.2, 0.25) is 0 Å². The molecule has 0 aliphatic heterocycles. The number of carbonyl (C=O) groups is 3. The second-order valence-corrected chi connectivity index (χ2v) is 4.59. The number of carbonyl (C=O) groups excluding carboxylic acids is 3. The summed E-state index contributed by atoms with van der Waals surface area (Å²) in [5, 5.41) is 0. The zero-order valence-electron chi connectivity index (χ0n) is 12.8. The summed E-state index contributed by atoms with van der Waals surface area (Å²) in [6.45, 7) is 5.73. The number of esters is 2. The molecule has 0 aromatic rings. The largest absolute Gasteiger partial charge is 0.465 e. The van der Waals surface area contributed by atoms with Crippen molar-refractivity contribution in [2.75, 3.05) is 13.2 Å². The molecular formula is C15H26O5. The molecule has 1 unspecified atom stereocenters. The van der Waals surface area contributed by atoms with Gasteiger partial charge in [0.25, 0.3) is 5.78 Å². The molecule has 0 saturated carbocycles. The lowest BCUT2D eigenvalue weighted by Crippen LogP contribution is -2.33. The van der Waals surface area contributed by atoms with Crippen LogP contribution in [0.1, 0.15) is 59.3 Å². The lowest BCUT2D eigenvalue weighted by atomic mass is 9.96. The zero-order valence-corrected chi connectivity index (χ0v) is 12.8. The summed E-state index contributed by atoms with van der Waals surface area (Å²) in [4.78, 5) is 35.1. The molecule has 0 saturated heterocycles. The van der Waals surface area contributed by atoms with E-state index < -0.39 is 23.6 Å². The molecule has 0 rings (SSSR count). The highest BCUT2D eigenvalue weighted by Gasteiger charge is 2.33. The Labute approximate surface area is 121 Å². The number of rotatable bonds is 11. The topological polar surface area (TPSA) is 69.7 Å². The van der Waals surface area contributed by atoms with Crippen LogP contribution in [0.3, 0.4) is 0 Å². The van der Waals surface area contributed by atoms with Crippen LogP contribution in [0, 0.1) is 5.92 Å². The van der Waals surface area contributed by atoms with Crippen LogP contribution in [0.15, 0.2) is 0 Å². The lowest BCUT2D eigenvalue weighted by molar-refractivity contribution is -0.162. The van der Waals surface area contributed by atoms with Gasteiger partial charge in [-0.3, -0.25) is 9.59 Å². The van der Waals surface area contributed by atoms with E-state index in [1.54, 1.807) is 13.8 Å². The van der Waals surface area contributed by atoms with E-state index in [9.17, 15) is 14.4 Å². The van der Waals surface area contributed by atoms with Gasteiger partial charge in [-0.05, 0) is 20.3 Å². The minimum absolute atomic E-state index is 0.122. The third kappa shape index (κ3) is 7.26. The highest BCUT2D eigenvalue weighted by molar-refractivity contribution is 6.37. The highest BCUT2D eigenvalue weighted by Crippen LogP contribution is 2.15. The van der Waals surface area contributed by atoms with Gasteiger partial charge in [0, 0.05) is 0 Å². The van der Waals surface area contributed by atoms with E-state index in [0.717, 1.165) is 32.1 Å². The van der Waals surface area contributed by atoms with Gasteiger partial charge < -0.3 is 9.47 Å². The first-order valence-electron chi connectivity index (χ1n) is 7.45. The average molecular weight is 286 g/mol. The Bertz CT molecular complexity index is 311. The van der Waals surface area contributed by atoms with Crippen LogP contribution in [0.2, 0.25) is 0 Å². The van der Waals surface area contributed by atoms with E-state index in [2.05, 4.69) is 11.7 Å². The van der Waals surface area contributed by atoms with E-state index >= 15 is 0 Å². The monoisotopic (exact) mass is 286 g/mol. The van der Waals surface area contributed by atoms with Crippen molar-refractivity contribution in [3.05, 3.63) is 0 Å². The highest BCUT2D eigenvalue weighted by atomic mass is 16.5. The van der Waals surface area contributed by atoms with Crippen molar-refractivity contribution < 1.29 is 23.9 Å². The van der Waals surface area contributed by atoms with Crippen molar-refractivity contribution in [1.29, 1.82) is 0 Å². The maximum Gasteiger partial charge on any atom is 0.375 e. The molecule has 116 valence electrons. The number of hydrogen-bond acceptors (Lipinski definition) is 5. The van der Waals surface area contributed by atoms with E-state index in [1.165, 1.54) is 0 Å². The molecule has 0 aliphatic rings. The minimum atomic E-state index is -1.02. The molecule has 0 heterocycles. The molecule has 0 fully saturated rings. The molecule has 20 heavy (non-hydrogen) atoms. The van der Waals surface area contributed by atoms with Gasteiger partial charge in [-0.1, -0.05) is 39.0 Å². The minimum Gasteiger partial charge on any atom is -0.465 e. The molecule has 1 atom stereocenters. The molecule has 0 amide bonds. The van der Waals surface area contributed by atoms with Gasteiger partial charge in [0.15, 0.2) is 0 Å². The first-order valence-corrected chi connectivity index (χ1v) is 7.45. The molecule has 5 heteroatoms. The van der Waals surface area contributed by atoms with Crippen LogP contribution in [0.25, 0.3) is 0 Å². The van der Waals surface area contributed by atoms with Gasteiger partial charge in [0.1, 0.15) is 5.92 Å². The summed E-state index contributed by atoms with van der Waals surface area (Å²) < 4.78 is 9.53. The molecular weight excluding hydrogens is 260 g/mol. The smallest absolute Gasteiger partial charge is 0.375 e. The Morgan fingerprint density at radius 3 is 2.00 bits per heavy atom. The van der Waals surface area contributed by atoms with Crippen molar-refractivity contribution in [2.24, 2.45) is 5.92 Å². The molecule has 0 spiro atoms. The molecule has 0 bridgehead atoms. The first kappa shape index (κ1) is 18.6. The predicted molar refractivity (Wildman–Crippen MR) is 75.1 cm³/mol. The summed E-state index contributed by atoms with van der Waals surface area (Å²) in [5.41, 5.74) is 0. The van der Waals surface area contributed by atoms with E-state index in [4.69, 9.17) is 4.74 Å². The number of ketones is 1. The molecule has 0 radical (unpaired) electrons. The van der Waals surface area contributed by atoms with Crippen LogP contribution in [0.5, 0.6) is 0 Å². The van der Waals surface area contributed by atoms with Crippen LogP contribution < -0.4 is 0 Å². The van der Waals surface area contributed by atoms with Crippen molar-refractivity contribution in [2.45, 2.75) is 59.3 Å².